The van der Waals surface area contributed by atoms with Crippen molar-refractivity contribution in [2.45, 2.75) is 18.7 Å². The maximum Gasteiger partial charge on any atom is 0.267 e. The molecule has 0 aliphatic rings. The molecule has 7 nitrogen and oxygen atoms in total. The number of sulfonamides is 1. The minimum Gasteiger partial charge on any atom is -0.497 e. The number of ether oxygens (including phenoxy) is 1. The quantitative estimate of drug-likeness (QED) is 0.659. The minimum absolute atomic E-state index is 0.0170. The van der Waals surface area contributed by atoms with E-state index >= 15 is 0 Å². The molecule has 0 spiro atoms. The van der Waals surface area contributed by atoms with Crippen LogP contribution in [0.2, 0.25) is 0 Å². The van der Waals surface area contributed by atoms with E-state index in [4.69, 9.17) is 4.74 Å². The molecule has 2 aromatic carbocycles. The summed E-state index contributed by atoms with van der Waals surface area (Å²) >= 11 is 0. The lowest BCUT2D eigenvalue weighted by Gasteiger charge is -2.18. The summed E-state index contributed by atoms with van der Waals surface area (Å²) in [4.78, 5) is 12.7. The van der Waals surface area contributed by atoms with Gasteiger partial charge < -0.3 is 4.74 Å². The number of aryl methyl sites for hydroxylation is 2. The molecule has 0 saturated heterocycles. The predicted octanol–water partition coefficient (Wildman–Crippen LogP) is 2.96. The summed E-state index contributed by atoms with van der Waals surface area (Å²) in [6.07, 6.45) is 0. The summed E-state index contributed by atoms with van der Waals surface area (Å²) in [5, 5.41) is 4.40. The Morgan fingerprint density at radius 2 is 1.64 bits per heavy atom. The van der Waals surface area contributed by atoms with Crippen molar-refractivity contribution in [1.82, 2.24) is 14.1 Å². The van der Waals surface area contributed by atoms with Crippen molar-refractivity contribution in [3.05, 3.63) is 71.5 Å². The van der Waals surface area contributed by atoms with Gasteiger partial charge in [-0.2, -0.15) is 5.10 Å². The standard InChI is InChI=1S/C20H21N3O4S/c1-14-13-15(2)23(21-14)17-7-5-16(6-8-17)20(24)22(3)28(25,26)19-11-9-18(27-4)10-12-19/h5-13H,1-4H3. The number of hydrogen-bond donors (Lipinski definition) is 0. The largest absolute Gasteiger partial charge is 0.497 e. The van der Waals surface area contributed by atoms with Crippen molar-refractivity contribution in [2.24, 2.45) is 0 Å². The second kappa shape index (κ2) is 7.47. The molecular weight excluding hydrogens is 378 g/mol. The van der Waals surface area contributed by atoms with Crippen LogP contribution in [0.25, 0.3) is 5.69 Å². The molecule has 0 aliphatic carbocycles. The van der Waals surface area contributed by atoms with Gasteiger partial charge in [0.1, 0.15) is 5.75 Å². The van der Waals surface area contributed by atoms with Gasteiger partial charge in [0.2, 0.25) is 0 Å². The van der Waals surface area contributed by atoms with Crippen LogP contribution in [0.1, 0.15) is 21.7 Å². The SMILES string of the molecule is COc1ccc(S(=O)(=O)N(C)C(=O)c2ccc(-n3nc(C)cc3C)cc2)cc1. The Hall–Kier alpha value is -3.13. The lowest BCUT2D eigenvalue weighted by Crippen LogP contribution is -2.33. The maximum atomic E-state index is 12.7. The number of aromatic nitrogens is 2. The average Bonchev–Trinajstić information content (AvgIpc) is 3.05. The second-order valence-corrected chi connectivity index (χ2v) is 8.31. The molecule has 0 saturated carbocycles. The minimum atomic E-state index is -3.97. The van der Waals surface area contributed by atoms with Gasteiger partial charge in [0.25, 0.3) is 15.9 Å². The first-order valence-electron chi connectivity index (χ1n) is 8.55. The van der Waals surface area contributed by atoms with Crippen LogP contribution in [-0.2, 0) is 10.0 Å². The van der Waals surface area contributed by atoms with Gasteiger partial charge in [-0.25, -0.2) is 17.4 Å². The number of amides is 1. The van der Waals surface area contributed by atoms with Crippen molar-refractivity contribution < 1.29 is 17.9 Å². The number of benzene rings is 2. The summed E-state index contributed by atoms with van der Waals surface area (Å²) < 4.78 is 33.0. The first kappa shape index (κ1) is 19.6. The third kappa shape index (κ3) is 3.63. The molecule has 8 heteroatoms. The summed E-state index contributed by atoms with van der Waals surface area (Å²) in [7, 11) is -1.22. The highest BCUT2D eigenvalue weighted by molar-refractivity contribution is 7.89. The Morgan fingerprint density at radius 1 is 1.04 bits per heavy atom. The summed E-state index contributed by atoms with van der Waals surface area (Å²) in [6.45, 7) is 3.84. The number of carbonyl (C=O) groups excluding carboxylic acids is 1. The van der Waals surface area contributed by atoms with E-state index in [1.54, 1.807) is 28.9 Å². The number of hydrogen-bond acceptors (Lipinski definition) is 5. The van der Waals surface area contributed by atoms with E-state index in [9.17, 15) is 13.2 Å². The molecule has 0 fully saturated rings. The fraction of sp³-hybridized carbons (Fsp3) is 0.200. The van der Waals surface area contributed by atoms with Crippen LogP contribution < -0.4 is 4.74 Å². The van der Waals surface area contributed by atoms with Gasteiger partial charge in [0.15, 0.2) is 0 Å². The van der Waals surface area contributed by atoms with Crippen molar-refractivity contribution >= 4 is 15.9 Å². The van der Waals surface area contributed by atoms with Gasteiger partial charge in [0, 0.05) is 18.3 Å². The Kier molecular flexibility index (Phi) is 5.24. The highest BCUT2D eigenvalue weighted by Gasteiger charge is 2.26. The van der Waals surface area contributed by atoms with Crippen molar-refractivity contribution in [2.75, 3.05) is 14.2 Å². The highest BCUT2D eigenvalue weighted by atomic mass is 32.2. The molecule has 1 aromatic heterocycles. The number of methoxy groups -OCH3 is 1. The van der Waals surface area contributed by atoms with E-state index in [-0.39, 0.29) is 10.5 Å². The molecule has 1 heterocycles. The lowest BCUT2D eigenvalue weighted by atomic mass is 10.2. The van der Waals surface area contributed by atoms with Gasteiger partial charge in [0.05, 0.1) is 23.4 Å². The molecule has 146 valence electrons. The summed E-state index contributed by atoms with van der Waals surface area (Å²) in [6, 6.07) is 14.5. The second-order valence-electron chi connectivity index (χ2n) is 6.34. The molecule has 3 rings (SSSR count). The van der Waals surface area contributed by atoms with E-state index in [2.05, 4.69) is 5.10 Å². The molecule has 28 heavy (non-hydrogen) atoms. The predicted molar refractivity (Wildman–Crippen MR) is 105 cm³/mol. The van der Waals surface area contributed by atoms with Gasteiger partial charge in [-0.15, -0.1) is 0 Å². The first-order chi connectivity index (χ1) is 13.2. The van der Waals surface area contributed by atoms with E-state index in [1.807, 2.05) is 19.9 Å². The van der Waals surface area contributed by atoms with Gasteiger partial charge in [-0.1, -0.05) is 0 Å². The maximum absolute atomic E-state index is 12.7. The third-order valence-electron chi connectivity index (χ3n) is 4.37. The van der Waals surface area contributed by atoms with E-state index < -0.39 is 15.9 Å². The van der Waals surface area contributed by atoms with Crippen molar-refractivity contribution in [1.29, 1.82) is 0 Å². The average molecular weight is 399 g/mol. The Balaban J connectivity index is 1.85. The van der Waals surface area contributed by atoms with Crippen LogP contribution in [-0.4, -0.2) is 42.6 Å². The molecule has 0 unspecified atom stereocenters. The lowest BCUT2D eigenvalue weighted by molar-refractivity contribution is 0.0883. The van der Waals surface area contributed by atoms with Crippen molar-refractivity contribution in [3.8, 4) is 11.4 Å². The monoisotopic (exact) mass is 399 g/mol. The third-order valence-corrected chi connectivity index (χ3v) is 6.13. The first-order valence-corrected chi connectivity index (χ1v) is 9.99. The highest BCUT2D eigenvalue weighted by Crippen LogP contribution is 2.21. The van der Waals surface area contributed by atoms with Crippen LogP contribution >= 0.6 is 0 Å². The zero-order chi connectivity index (χ0) is 20.5. The molecule has 0 atom stereocenters. The van der Waals surface area contributed by atoms with Crippen molar-refractivity contribution in [3.63, 3.8) is 0 Å². The summed E-state index contributed by atoms with van der Waals surface area (Å²) in [5.74, 6) is -0.0802. The van der Waals surface area contributed by atoms with E-state index in [0.717, 1.165) is 21.4 Å². The van der Waals surface area contributed by atoms with Crippen LogP contribution in [0.5, 0.6) is 5.75 Å². The molecule has 1 amide bonds. The number of carbonyl (C=O) groups is 1. The molecule has 0 bridgehead atoms. The van der Waals surface area contributed by atoms with Gasteiger partial charge in [-0.3, -0.25) is 4.79 Å². The number of nitrogens with zero attached hydrogens (tertiary/aromatic N) is 3. The van der Waals surface area contributed by atoms with E-state index in [0.29, 0.717) is 5.75 Å². The Bertz CT molecular complexity index is 1100. The van der Waals surface area contributed by atoms with E-state index in [1.165, 1.54) is 38.4 Å². The van der Waals surface area contributed by atoms with Gasteiger partial charge in [-0.05, 0) is 68.4 Å². The number of rotatable bonds is 5. The van der Waals surface area contributed by atoms with Crippen LogP contribution in [0.15, 0.2) is 59.5 Å². The molecule has 3 aromatic rings. The smallest absolute Gasteiger partial charge is 0.267 e. The Morgan fingerprint density at radius 3 is 2.14 bits per heavy atom. The Labute approximate surface area is 164 Å². The molecule has 0 N–H and O–H groups in total. The van der Waals surface area contributed by atoms with Crippen LogP contribution in [0, 0.1) is 13.8 Å². The normalized spacial score (nSPS) is 11.3. The zero-order valence-corrected chi connectivity index (χ0v) is 16.9. The van der Waals surface area contributed by atoms with Crippen LogP contribution in [0.4, 0.5) is 0 Å². The fourth-order valence-corrected chi connectivity index (χ4v) is 3.95. The fourth-order valence-electron chi connectivity index (χ4n) is 2.83. The van der Waals surface area contributed by atoms with Gasteiger partial charge >= 0.3 is 0 Å². The van der Waals surface area contributed by atoms with Crippen LogP contribution in [0.3, 0.4) is 0 Å². The molecule has 0 aliphatic heterocycles. The molecule has 0 radical (unpaired) electrons. The summed E-state index contributed by atoms with van der Waals surface area (Å²) in [5.41, 5.74) is 2.92. The molecular formula is C20H21N3O4S. The topological polar surface area (TPSA) is 81.5 Å². The zero-order valence-electron chi connectivity index (χ0n) is 16.1.